The molecule has 0 aliphatic heterocycles. The summed E-state index contributed by atoms with van der Waals surface area (Å²) in [7, 11) is 0. The first kappa shape index (κ1) is 21.8. The van der Waals surface area contributed by atoms with Crippen molar-refractivity contribution in [1.29, 1.82) is 0 Å². The number of halogens is 3. The molecule has 0 radical (unpaired) electrons. The van der Waals surface area contributed by atoms with Crippen molar-refractivity contribution in [3.8, 4) is 0 Å². The number of fused-ring (bicyclic) bond motifs is 1. The lowest BCUT2D eigenvalue weighted by atomic mass is 9.75. The second kappa shape index (κ2) is 7.93. The minimum absolute atomic E-state index is 0.0588. The summed E-state index contributed by atoms with van der Waals surface area (Å²) in [6.07, 6.45) is -3.54. The van der Waals surface area contributed by atoms with Gasteiger partial charge >= 0.3 is 6.18 Å². The minimum Gasteiger partial charge on any atom is -0.339 e. The first-order valence-corrected chi connectivity index (χ1v) is 10.2. The molecule has 1 aliphatic carbocycles. The Morgan fingerprint density at radius 3 is 2.34 bits per heavy atom. The van der Waals surface area contributed by atoms with Crippen LogP contribution in [0, 0.1) is 12.3 Å². The molecule has 1 aromatic heterocycles. The van der Waals surface area contributed by atoms with Crippen LogP contribution < -0.4 is 10.6 Å². The van der Waals surface area contributed by atoms with Crippen LogP contribution in [0.4, 0.5) is 36.3 Å². The molecule has 0 saturated carbocycles. The van der Waals surface area contributed by atoms with Crippen LogP contribution in [0.15, 0.2) is 48.5 Å². The van der Waals surface area contributed by atoms with E-state index in [-0.39, 0.29) is 22.8 Å². The zero-order valence-corrected chi connectivity index (χ0v) is 18.0. The van der Waals surface area contributed by atoms with Gasteiger partial charge in [0.1, 0.15) is 5.82 Å². The van der Waals surface area contributed by atoms with Crippen LogP contribution in [-0.2, 0) is 12.6 Å². The van der Waals surface area contributed by atoms with E-state index >= 15 is 0 Å². The standard InChI is InChI=1S/C24H23F3N4O/c1-14-7-9-16(10-8-14)28-21-20-18(12-23(2,3)13-19(20)32)30-22(31-21)29-17-6-4-5-15(11-17)24(25,26)27/h4-11H,12-13H2,1-3H3,(H2,28,29,30,31). The van der Waals surface area contributed by atoms with Gasteiger partial charge in [0.25, 0.3) is 0 Å². The SMILES string of the molecule is Cc1ccc(Nc2nc(Nc3cccc(C(F)(F)F)c3)nc3c2C(=O)CC(C)(C)C3)cc1. The number of aryl methyl sites for hydroxylation is 1. The molecule has 2 aromatic carbocycles. The van der Waals surface area contributed by atoms with E-state index in [0.29, 0.717) is 29.9 Å². The van der Waals surface area contributed by atoms with E-state index in [0.717, 1.165) is 23.4 Å². The number of anilines is 4. The Morgan fingerprint density at radius 1 is 0.938 bits per heavy atom. The second-order valence-corrected chi connectivity index (χ2v) is 8.85. The molecule has 1 aliphatic rings. The summed E-state index contributed by atoms with van der Waals surface area (Å²) in [5, 5.41) is 6.06. The fraction of sp³-hybridized carbons (Fsp3) is 0.292. The van der Waals surface area contributed by atoms with Gasteiger partial charge in [-0.05, 0) is 49.1 Å². The number of hydrogen-bond acceptors (Lipinski definition) is 5. The number of carbonyl (C=O) groups is 1. The lowest BCUT2D eigenvalue weighted by Crippen LogP contribution is -2.29. The molecule has 3 aromatic rings. The van der Waals surface area contributed by atoms with Gasteiger partial charge in [-0.1, -0.05) is 37.6 Å². The number of hydrogen-bond donors (Lipinski definition) is 2. The third-order valence-electron chi connectivity index (χ3n) is 5.31. The number of alkyl halides is 3. The van der Waals surface area contributed by atoms with Crippen molar-refractivity contribution in [2.24, 2.45) is 5.41 Å². The molecule has 32 heavy (non-hydrogen) atoms. The number of rotatable bonds is 4. The van der Waals surface area contributed by atoms with Crippen LogP contribution >= 0.6 is 0 Å². The summed E-state index contributed by atoms with van der Waals surface area (Å²) in [6, 6.07) is 12.5. The number of nitrogens with zero attached hydrogens (tertiary/aromatic N) is 2. The number of nitrogens with one attached hydrogen (secondary N) is 2. The van der Waals surface area contributed by atoms with Crippen LogP contribution in [-0.4, -0.2) is 15.8 Å². The molecule has 0 bridgehead atoms. The van der Waals surface area contributed by atoms with Gasteiger partial charge in [0.05, 0.1) is 16.8 Å². The molecule has 0 amide bonds. The van der Waals surface area contributed by atoms with E-state index in [2.05, 4.69) is 20.6 Å². The van der Waals surface area contributed by atoms with Crippen LogP contribution in [0.25, 0.3) is 0 Å². The monoisotopic (exact) mass is 440 g/mol. The highest BCUT2D eigenvalue weighted by Gasteiger charge is 2.35. The molecular formula is C24H23F3N4O. The van der Waals surface area contributed by atoms with Crippen molar-refractivity contribution in [3.05, 3.63) is 70.9 Å². The molecule has 0 unspecified atom stereocenters. The van der Waals surface area contributed by atoms with Gasteiger partial charge in [-0.3, -0.25) is 4.79 Å². The summed E-state index contributed by atoms with van der Waals surface area (Å²) < 4.78 is 39.3. The van der Waals surface area contributed by atoms with E-state index in [4.69, 9.17) is 0 Å². The van der Waals surface area contributed by atoms with Crippen molar-refractivity contribution in [2.45, 2.75) is 39.8 Å². The van der Waals surface area contributed by atoms with Gasteiger partial charge in [-0.25, -0.2) is 4.98 Å². The Labute approximate surface area is 184 Å². The smallest absolute Gasteiger partial charge is 0.339 e. The average Bonchev–Trinajstić information content (AvgIpc) is 2.68. The summed E-state index contributed by atoms with van der Waals surface area (Å²) in [6.45, 7) is 5.95. The molecule has 166 valence electrons. The molecule has 4 rings (SSSR count). The lowest BCUT2D eigenvalue weighted by molar-refractivity contribution is -0.137. The predicted molar refractivity (Wildman–Crippen MR) is 118 cm³/mol. The normalized spacial score (nSPS) is 15.2. The van der Waals surface area contributed by atoms with Crippen molar-refractivity contribution in [2.75, 3.05) is 10.6 Å². The Kier molecular flexibility index (Phi) is 5.40. The van der Waals surface area contributed by atoms with E-state index < -0.39 is 11.7 Å². The van der Waals surface area contributed by atoms with E-state index in [1.807, 2.05) is 45.0 Å². The van der Waals surface area contributed by atoms with Gasteiger partial charge in [0, 0.05) is 17.8 Å². The molecule has 1 heterocycles. The minimum atomic E-state index is -4.46. The third kappa shape index (κ3) is 4.74. The highest BCUT2D eigenvalue weighted by atomic mass is 19.4. The summed E-state index contributed by atoms with van der Waals surface area (Å²) in [5.74, 6) is 0.411. The number of Topliss-reactive ketones (excluding diaryl/α,β-unsaturated/α-hetero) is 1. The number of aromatic nitrogens is 2. The first-order chi connectivity index (χ1) is 15.0. The maximum atomic E-state index is 13.1. The molecular weight excluding hydrogens is 417 g/mol. The maximum absolute atomic E-state index is 13.1. The van der Waals surface area contributed by atoms with Crippen molar-refractivity contribution < 1.29 is 18.0 Å². The Morgan fingerprint density at radius 2 is 1.66 bits per heavy atom. The van der Waals surface area contributed by atoms with Crippen molar-refractivity contribution >= 4 is 28.9 Å². The fourth-order valence-electron chi connectivity index (χ4n) is 3.79. The molecule has 0 saturated heterocycles. The van der Waals surface area contributed by atoms with Crippen LogP contribution in [0.3, 0.4) is 0 Å². The van der Waals surface area contributed by atoms with Crippen LogP contribution in [0.1, 0.15) is 47.4 Å². The maximum Gasteiger partial charge on any atom is 0.416 e. The topological polar surface area (TPSA) is 66.9 Å². The number of benzene rings is 2. The molecule has 0 spiro atoms. The first-order valence-electron chi connectivity index (χ1n) is 10.2. The average molecular weight is 440 g/mol. The van der Waals surface area contributed by atoms with Crippen molar-refractivity contribution in [1.82, 2.24) is 9.97 Å². The quantitative estimate of drug-likeness (QED) is 0.488. The highest BCUT2D eigenvalue weighted by Crippen LogP contribution is 2.38. The van der Waals surface area contributed by atoms with Crippen molar-refractivity contribution in [3.63, 3.8) is 0 Å². The summed E-state index contributed by atoms with van der Waals surface area (Å²) in [4.78, 5) is 21.9. The summed E-state index contributed by atoms with van der Waals surface area (Å²) >= 11 is 0. The number of ketones is 1. The molecule has 0 fully saturated rings. The van der Waals surface area contributed by atoms with Gasteiger partial charge in [-0.15, -0.1) is 0 Å². The molecule has 5 nitrogen and oxygen atoms in total. The Balaban J connectivity index is 1.75. The molecule has 0 atom stereocenters. The number of carbonyl (C=O) groups excluding carboxylic acids is 1. The Hall–Kier alpha value is -3.42. The summed E-state index contributed by atoms with van der Waals surface area (Å²) in [5.41, 5.74) is 2.01. The van der Waals surface area contributed by atoms with Gasteiger partial charge in [0.15, 0.2) is 5.78 Å². The van der Waals surface area contributed by atoms with E-state index in [1.165, 1.54) is 12.1 Å². The fourth-order valence-corrected chi connectivity index (χ4v) is 3.79. The zero-order chi connectivity index (χ0) is 23.1. The van der Waals surface area contributed by atoms with Gasteiger partial charge in [0.2, 0.25) is 5.95 Å². The zero-order valence-electron chi connectivity index (χ0n) is 18.0. The Bertz CT molecular complexity index is 1170. The van der Waals surface area contributed by atoms with E-state index in [1.54, 1.807) is 0 Å². The largest absolute Gasteiger partial charge is 0.416 e. The molecule has 2 N–H and O–H groups in total. The predicted octanol–water partition coefficient (Wildman–Crippen LogP) is 6.45. The van der Waals surface area contributed by atoms with Crippen LogP contribution in [0.5, 0.6) is 0 Å². The van der Waals surface area contributed by atoms with Gasteiger partial charge in [-0.2, -0.15) is 18.2 Å². The van der Waals surface area contributed by atoms with Gasteiger partial charge < -0.3 is 10.6 Å². The second-order valence-electron chi connectivity index (χ2n) is 8.85. The molecule has 8 heteroatoms. The highest BCUT2D eigenvalue weighted by molar-refractivity contribution is 6.03. The van der Waals surface area contributed by atoms with Crippen LogP contribution in [0.2, 0.25) is 0 Å². The van der Waals surface area contributed by atoms with E-state index in [9.17, 15) is 18.0 Å². The lowest BCUT2D eigenvalue weighted by Gasteiger charge is -2.30. The third-order valence-corrected chi connectivity index (χ3v) is 5.31.